The molecule has 2 aliphatic heterocycles. The van der Waals surface area contributed by atoms with E-state index in [9.17, 15) is 4.79 Å². The number of rotatable bonds is 7. The van der Waals surface area contributed by atoms with Crippen molar-refractivity contribution in [3.63, 3.8) is 0 Å². The maximum atomic E-state index is 12.4. The minimum Gasteiger partial charge on any atom is -0.497 e. The van der Waals surface area contributed by atoms with Gasteiger partial charge in [-0.15, -0.1) is 0 Å². The molecule has 0 bridgehead atoms. The Kier molecular flexibility index (Phi) is 7.32. The summed E-state index contributed by atoms with van der Waals surface area (Å²) in [7, 11) is 1.71. The van der Waals surface area contributed by atoms with Gasteiger partial charge < -0.3 is 14.4 Å². The van der Waals surface area contributed by atoms with Crippen LogP contribution in [0.15, 0.2) is 24.3 Å². The average molecular weight is 360 g/mol. The molecule has 1 atom stereocenters. The van der Waals surface area contributed by atoms with Crippen LogP contribution in [0, 0.1) is 0 Å². The zero-order chi connectivity index (χ0) is 18.2. The number of carbonyl (C=O) groups excluding carboxylic acids is 1. The van der Waals surface area contributed by atoms with Gasteiger partial charge in [-0.25, -0.2) is 0 Å². The first-order chi connectivity index (χ1) is 12.7. The van der Waals surface area contributed by atoms with Crippen LogP contribution < -0.4 is 4.74 Å². The third-order valence-corrected chi connectivity index (χ3v) is 5.48. The summed E-state index contributed by atoms with van der Waals surface area (Å²) >= 11 is 0. The zero-order valence-electron chi connectivity index (χ0n) is 16.0. The lowest BCUT2D eigenvalue weighted by atomic mass is 10.1. The van der Waals surface area contributed by atoms with Crippen LogP contribution in [0.1, 0.15) is 37.7 Å². The molecule has 2 saturated heterocycles. The molecule has 1 amide bonds. The minimum atomic E-state index is 0.150. The maximum Gasteiger partial charge on any atom is 0.225 e. The molecule has 5 heteroatoms. The molecule has 1 aromatic carbocycles. The molecule has 0 aromatic heterocycles. The van der Waals surface area contributed by atoms with E-state index in [-0.39, 0.29) is 12.0 Å². The van der Waals surface area contributed by atoms with Crippen molar-refractivity contribution in [2.75, 3.05) is 46.4 Å². The molecular formula is C21H32N2O3. The lowest BCUT2D eigenvalue weighted by Crippen LogP contribution is -2.49. The second kappa shape index (κ2) is 9.93. The Morgan fingerprint density at radius 2 is 2.08 bits per heavy atom. The van der Waals surface area contributed by atoms with Gasteiger partial charge in [-0.1, -0.05) is 12.1 Å². The number of hydrogen-bond acceptors (Lipinski definition) is 4. The van der Waals surface area contributed by atoms with E-state index in [4.69, 9.17) is 9.47 Å². The molecule has 0 spiro atoms. The highest BCUT2D eigenvalue weighted by Gasteiger charge is 2.24. The Balaban J connectivity index is 1.33. The van der Waals surface area contributed by atoms with Crippen molar-refractivity contribution in [1.29, 1.82) is 0 Å². The molecule has 2 heterocycles. The highest BCUT2D eigenvalue weighted by atomic mass is 16.5. The summed E-state index contributed by atoms with van der Waals surface area (Å²) in [6, 6.07) is 8.31. The molecule has 0 radical (unpaired) electrons. The van der Waals surface area contributed by atoms with Crippen molar-refractivity contribution in [3.05, 3.63) is 29.8 Å². The first-order valence-electron chi connectivity index (χ1n) is 9.99. The van der Waals surface area contributed by atoms with Crippen LogP contribution in [0.2, 0.25) is 0 Å². The monoisotopic (exact) mass is 360 g/mol. The molecule has 0 N–H and O–H groups in total. The highest BCUT2D eigenvalue weighted by Crippen LogP contribution is 2.18. The third-order valence-electron chi connectivity index (χ3n) is 5.48. The quantitative estimate of drug-likeness (QED) is 0.750. The number of piperazine rings is 1. The van der Waals surface area contributed by atoms with Crippen molar-refractivity contribution in [1.82, 2.24) is 9.80 Å². The Morgan fingerprint density at radius 1 is 1.23 bits per heavy atom. The van der Waals surface area contributed by atoms with Gasteiger partial charge in [0.25, 0.3) is 0 Å². The topological polar surface area (TPSA) is 42.0 Å². The summed E-state index contributed by atoms with van der Waals surface area (Å²) in [5, 5.41) is 0. The third kappa shape index (κ3) is 5.71. The average Bonchev–Trinajstić information content (AvgIpc) is 2.69. The normalized spacial score (nSPS) is 21.6. The van der Waals surface area contributed by atoms with Crippen molar-refractivity contribution >= 4 is 5.91 Å². The van der Waals surface area contributed by atoms with Crippen LogP contribution >= 0.6 is 0 Å². The minimum absolute atomic E-state index is 0.150. The Morgan fingerprint density at radius 3 is 2.81 bits per heavy atom. The van der Waals surface area contributed by atoms with E-state index in [0.29, 0.717) is 6.42 Å². The summed E-state index contributed by atoms with van der Waals surface area (Å²) < 4.78 is 11.0. The fraction of sp³-hybridized carbons (Fsp3) is 0.667. The zero-order valence-corrected chi connectivity index (χ0v) is 16.0. The molecule has 2 aliphatic rings. The second-order valence-corrected chi connectivity index (χ2v) is 7.37. The van der Waals surface area contributed by atoms with Crippen LogP contribution in [0.4, 0.5) is 0 Å². The van der Waals surface area contributed by atoms with Gasteiger partial charge in [-0.3, -0.25) is 9.69 Å². The van der Waals surface area contributed by atoms with E-state index in [0.717, 1.165) is 70.8 Å². The molecule has 1 unspecified atom stereocenters. The smallest absolute Gasteiger partial charge is 0.225 e. The molecule has 2 fully saturated rings. The van der Waals surface area contributed by atoms with Crippen LogP contribution in [-0.4, -0.2) is 68.3 Å². The summed E-state index contributed by atoms with van der Waals surface area (Å²) in [4.78, 5) is 16.9. The lowest BCUT2D eigenvalue weighted by molar-refractivity contribution is -0.136. The fourth-order valence-electron chi connectivity index (χ4n) is 3.85. The first kappa shape index (κ1) is 19.2. The number of ether oxygens (including phenoxy) is 2. The lowest BCUT2D eigenvalue weighted by Gasteiger charge is -2.35. The van der Waals surface area contributed by atoms with Crippen molar-refractivity contribution < 1.29 is 14.3 Å². The van der Waals surface area contributed by atoms with E-state index in [1.54, 1.807) is 7.11 Å². The highest BCUT2D eigenvalue weighted by molar-refractivity contribution is 5.76. The van der Waals surface area contributed by atoms with E-state index < -0.39 is 0 Å². The fourth-order valence-corrected chi connectivity index (χ4v) is 3.85. The van der Waals surface area contributed by atoms with Crippen LogP contribution in [0.25, 0.3) is 0 Å². The number of nitrogens with zero attached hydrogens (tertiary/aromatic N) is 2. The molecule has 5 nitrogen and oxygen atoms in total. The summed E-state index contributed by atoms with van der Waals surface area (Å²) in [5.74, 6) is 1.20. The Hall–Kier alpha value is -1.59. The predicted octanol–water partition coefficient (Wildman–Crippen LogP) is 2.73. The molecule has 1 aromatic rings. The number of aryl methyl sites for hydroxylation is 1. The Bertz CT molecular complexity index is 564. The van der Waals surface area contributed by atoms with Crippen LogP contribution in [-0.2, 0) is 16.0 Å². The van der Waals surface area contributed by atoms with Crippen molar-refractivity contribution in [2.24, 2.45) is 0 Å². The largest absolute Gasteiger partial charge is 0.497 e. The first-order valence-corrected chi connectivity index (χ1v) is 9.99. The van der Waals surface area contributed by atoms with Gasteiger partial charge in [-0.2, -0.15) is 0 Å². The predicted molar refractivity (Wildman–Crippen MR) is 103 cm³/mol. The van der Waals surface area contributed by atoms with Crippen molar-refractivity contribution in [3.8, 4) is 5.75 Å². The summed E-state index contributed by atoms with van der Waals surface area (Å²) in [6.45, 7) is 5.57. The van der Waals surface area contributed by atoms with Gasteiger partial charge in [-0.05, 0) is 56.3 Å². The van der Waals surface area contributed by atoms with E-state index in [1.165, 1.54) is 12.0 Å². The SMILES string of the molecule is COc1cccc(CCCN2CCN(C(=O)CC3CCCCO3)CC2)c1. The van der Waals surface area contributed by atoms with Gasteiger partial charge in [0.05, 0.1) is 19.6 Å². The summed E-state index contributed by atoms with van der Waals surface area (Å²) in [5.41, 5.74) is 1.32. The molecule has 144 valence electrons. The maximum absolute atomic E-state index is 12.4. The van der Waals surface area contributed by atoms with Crippen molar-refractivity contribution in [2.45, 2.75) is 44.6 Å². The van der Waals surface area contributed by atoms with E-state index >= 15 is 0 Å². The number of hydrogen-bond donors (Lipinski definition) is 0. The van der Waals surface area contributed by atoms with Gasteiger partial charge in [0.1, 0.15) is 5.75 Å². The van der Waals surface area contributed by atoms with Crippen LogP contribution in [0.5, 0.6) is 5.75 Å². The number of carbonyl (C=O) groups is 1. The molecule has 0 saturated carbocycles. The van der Waals surface area contributed by atoms with Crippen LogP contribution in [0.3, 0.4) is 0 Å². The Labute approximate surface area is 157 Å². The standard InChI is InChI=1S/C21H32N2O3/c1-25-19-9-4-6-18(16-19)7-5-10-22-11-13-23(14-12-22)21(24)17-20-8-2-3-15-26-20/h4,6,9,16,20H,2-3,5,7-8,10-15,17H2,1H3. The molecule has 26 heavy (non-hydrogen) atoms. The van der Waals surface area contributed by atoms with Gasteiger partial charge >= 0.3 is 0 Å². The number of methoxy groups -OCH3 is 1. The van der Waals surface area contributed by atoms with Gasteiger partial charge in [0.15, 0.2) is 0 Å². The number of amides is 1. The second-order valence-electron chi connectivity index (χ2n) is 7.37. The molecule has 0 aliphatic carbocycles. The number of benzene rings is 1. The molecular weight excluding hydrogens is 328 g/mol. The summed E-state index contributed by atoms with van der Waals surface area (Å²) in [6.07, 6.45) is 6.29. The van der Waals surface area contributed by atoms with E-state index in [1.807, 2.05) is 11.0 Å². The van der Waals surface area contributed by atoms with Gasteiger partial charge in [0.2, 0.25) is 5.91 Å². The molecule has 3 rings (SSSR count). The van der Waals surface area contributed by atoms with Gasteiger partial charge in [0, 0.05) is 32.8 Å². The van der Waals surface area contributed by atoms with E-state index in [2.05, 4.69) is 23.1 Å².